The maximum absolute atomic E-state index is 13.4. The molecule has 5 rings (SSSR count). The summed E-state index contributed by atoms with van der Waals surface area (Å²) in [6.07, 6.45) is 2.25. The van der Waals surface area contributed by atoms with Gasteiger partial charge in [0.25, 0.3) is 0 Å². The Morgan fingerprint density at radius 1 is 1.19 bits per heavy atom. The van der Waals surface area contributed by atoms with Crippen molar-refractivity contribution in [2.24, 2.45) is 5.92 Å². The van der Waals surface area contributed by atoms with Gasteiger partial charge in [-0.2, -0.15) is 0 Å². The van der Waals surface area contributed by atoms with E-state index in [1.54, 1.807) is 23.3 Å². The summed E-state index contributed by atoms with van der Waals surface area (Å²) in [4.78, 5) is 34.7. The number of nitrogens with zero attached hydrogens (tertiary/aromatic N) is 3. The Labute approximate surface area is 191 Å². The average Bonchev–Trinajstić information content (AvgIpc) is 3.42. The summed E-state index contributed by atoms with van der Waals surface area (Å²) in [5.41, 5.74) is 2.83. The Morgan fingerprint density at radius 3 is 2.84 bits per heavy atom. The van der Waals surface area contributed by atoms with Crippen LogP contribution in [0.5, 0.6) is 5.75 Å². The first-order valence-corrected chi connectivity index (χ1v) is 11.9. The molecule has 1 aromatic heterocycles. The van der Waals surface area contributed by atoms with E-state index in [0.29, 0.717) is 18.8 Å². The molecule has 0 N–H and O–H groups in total. The molecule has 7 heteroatoms. The molecule has 2 atom stereocenters. The molecule has 0 saturated carbocycles. The molecule has 2 aromatic carbocycles. The van der Waals surface area contributed by atoms with Crippen molar-refractivity contribution in [3.8, 4) is 5.75 Å². The molecule has 6 nitrogen and oxygen atoms in total. The fourth-order valence-electron chi connectivity index (χ4n) is 4.82. The van der Waals surface area contributed by atoms with Crippen molar-refractivity contribution in [3.63, 3.8) is 0 Å². The van der Waals surface area contributed by atoms with E-state index in [0.717, 1.165) is 41.2 Å². The smallest absolute Gasteiger partial charge is 0.228 e. The van der Waals surface area contributed by atoms with Crippen molar-refractivity contribution in [3.05, 3.63) is 53.0 Å². The van der Waals surface area contributed by atoms with Crippen molar-refractivity contribution in [1.29, 1.82) is 0 Å². The molecule has 0 spiro atoms. The normalized spacial score (nSPS) is 21.4. The van der Waals surface area contributed by atoms with Gasteiger partial charge < -0.3 is 14.5 Å². The minimum absolute atomic E-state index is 0.0213. The van der Waals surface area contributed by atoms with Gasteiger partial charge in [-0.15, -0.1) is 11.3 Å². The van der Waals surface area contributed by atoms with Gasteiger partial charge in [0.2, 0.25) is 11.8 Å². The average molecular weight is 450 g/mol. The van der Waals surface area contributed by atoms with E-state index in [-0.39, 0.29) is 30.1 Å². The molecule has 3 aromatic rings. The van der Waals surface area contributed by atoms with E-state index in [1.165, 1.54) is 4.70 Å². The summed E-state index contributed by atoms with van der Waals surface area (Å²) >= 11 is 1.73. The first-order chi connectivity index (χ1) is 15.5. The molecule has 2 saturated heterocycles. The zero-order valence-electron chi connectivity index (χ0n) is 18.4. The largest absolute Gasteiger partial charge is 0.495 e. The Balaban J connectivity index is 1.31. The highest BCUT2D eigenvalue weighted by Gasteiger charge is 2.39. The van der Waals surface area contributed by atoms with Gasteiger partial charge in [-0.25, -0.2) is 4.98 Å². The van der Waals surface area contributed by atoms with Gasteiger partial charge in [0.15, 0.2) is 0 Å². The number of para-hydroxylation sites is 1. The second-order valence-electron chi connectivity index (χ2n) is 8.72. The first kappa shape index (κ1) is 20.9. The lowest BCUT2D eigenvalue weighted by molar-refractivity contribution is -0.137. The van der Waals surface area contributed by atoms with E-state index in [1.807, 2.05) is 48.2 Å². The monoisotopic (exact) mass is 449 g/mol. The zero-order valence-corrected chi connectivity index (χ0v) is 19.2. The number of hydrogen-bond acceptors (Lipinski definition) is 5. The number of anilines is 1. The van der Waals surface area contributed by atoms with Crippen LogP contribution in [0.15, 0.2) is 42.5 Å². The van der Waals surface area contributed by atoms with Crippen molar-refractivity contribution < 1.29 is 14.3 Å². The second-order valence-corrected chi connectivity index (χ2v) is 9.79. The van der Waals surface area contributed by atoms with Gasteiger partial charge in [0.1, 0.15) is 5.75 Å². The number of benzene rings is 2. The fraction of sp³-hybridized carbons (Fsp3) is 0.400. The highest BCUT2D eigenvalue weighted by Crippen LogP contribution is 2.36. The molecule has 2 aliphatic rings. The summed E-state index contributed by atoms with van der Waals surface area (Å²) in [5.74, 6) is 0.660. The lowest BCUT2D eigenvalue weighted by Gasteiger charge is -2.33. The third kappa shape index (κ3) is 3.86. The van der Waals surface area contributed by atoms with Crippen LogP contribution in [0.2, 0.25) is 0 Å². The molecule has 2 amide bonds. The third-order valence-electron chi connectivity index (χ3n) is 6.49. The van der Waals surface area contributed by atoms with Gasteiger partial charge in [-0.1, -0.05) is 18.2 Å². The molecule has 32 heavy (non-hydrogen) atoms. The number of thiazole rings is 1. The van der Waals surface area contributed by atoms with Crippen molar-refractivity contribution in [1.82, 2.24) is 9.88 Å². The molecular formula is C25H27N3O3S. The number of aromatic nitrogens is 1. The summed E-state index contributed by atoms with van der Waals surface area (Å²) in [7, 11) is 1.60. The van der Waals surface area contributed by atoms with Crippen LogP contribution < -0.4 is 9.64 Å². The summed E-state index contributed by atoms with van der Waals surface area (Å²) in [6.45, 7) is 3.82. The predicted molar refractivity (Wildman–Crippen MR) is 126 cm³/mol. The molecule has 2 aliphatic heterocycles. The van der Waals surface area contributed by atoms with E-state index in [9.17, 15) is 9.59 Å². The summed E-state index contributed by atoms with van der Waals surface area (Å²) in [6, 6.07) is 14.0. The molecule has 2 unspecified atom stereocenters. The van der Waals surface area contributed by atoms with Crippen LogP contribution in [0.3, 0.4) is 0 Å². The molecule has 0 aliphatic carbocycles. The number of carbonyl (C=O) groups excluding carboxylic acids is 2. The maximum Gasteiger partial charge on any atom is 0.228 e. The standard InChI is InChI=1S/C25H27N3O3S/c1-16-9-10-21(31-2)20(12-16)28-15-18(13-23(28)29)25(30)27-11-5-6-17(14-27)24-26-19-7-3-4-8-22(19)32-24/h3-4,7-10,12,17-18H,5-6,11,13-15H2,1-2H3. The summed E-state index contributed by atoms with van der Waals surface area (Å²) < 4.78 is 6.66. The minimum atomic E-state index is -0.318. The van der Waals surface area contributed by atoms with Crippen molar-refractivity contribution in [2.45, 2.75) is 32.1 Å². The highest BCUT2D eigenvalue weighted by molar-refractivity contribution is 7.18. The number of piperidine rings is 1. The maximum atomic E-state index is 13.4. The number of hydrogen-bond donors (Lipinski definition) is 0. The number of aryl methyl sites for hydroxylation is 1. The predicted octanol–water partition coefficient (Wildman–Crippen LogP) is 4.37. The Morgan fingerprint density at radius 2 is 2.03 bits per heavy atom. The lowest BCUT2D eigenvalue weighted by atomic mass is 9.96. The van der Waals surface area contributed by atoms with Crippen LogP contribution in [0.25, 0.3) is 10.2 Å². The van der Waals surface area contributed by atoms with E-state index < -0.39 is 0 Å². The Bertz CT molecular complexity index is 1140. The number of methoxy groups -OCH3 is 1. The van der Waals surface area contributed by atoms with Gasteiger partial charge >= 0.3 is 0 Å². The first-order valence-electron chi connectivity index (χ1n) is 11.1. The number of fused-ring (bicyclic) bond motifs is 1. The van der Waals surface area contributed by atoms with Gasteiger partial charge in [0, 0.05) is 32.0 Å². The minimum Gasteiger partial charge on any atom is -0.495 e. The number of amides is 2. The molecule has 0 bridgehead atoms. The number of ether oxygens (including phenoxy) is 1. The zero-order chi connectivity index (χ0) is 22.2. The van der Waals surface area contributed by atoms with Gasteiger partial charge in [-0.3, -0.25) is 9.59 Å². The van der Waals surface area contributed by atoms with Gasteiger partial charge in [0.05, 0.1) is 33.9 Å². The Hall–Kier alpha value is -2.93. The van der Waals surface area contributed by atoms with Crippen LogP contribution >= 0.6 is 11.3 Å². The Kier molecular flexibility index (Phi) is 5.59. The molecular weight excluding hydrogens is 422 g/mol. The van der Waals surface area contributed by atoms with Crippen LogP contribution in [0.4, 0.5) is 5.69 Å². The van der Waals surface area contributed by atoms with Crippen LogP contribution in [-0.4, -0.2) is 48.4 Å². The summed E-state index contributed by atoms with van der Waals surface area (Å²) in [5, 5.41) is 1.11. The highest BCUT2D eigenvalue weighted by atomic mass is 32.1. The van der Waals surface area contributed by atoms with E-state index in [4.69, 9.17) is 9.72 Å². The number of carbonyl (C=O) groups is 2. The second kappa shape index (κ2) is 8.54. The van der Waals surface area contributed by atoms with E-state index in [2.05, 4.69) is 6.07 Å². The third-order valence-corrected chi connectivity index (χ3v) is 7.69. The van der Waals surface area contributed by atoms with E-state index >= 15 is 0 Å². The quantitative estimate of drug-likeness (QED) is 0.593. The fourth-order valence-corrected chi connectivity index (χ4v) is 5.91. The molecule has 0 radical (unpaired) electrons. The van der Waals surface area contributed by atoms with Crippen molar-refractivity contribution >= 4 is 39.1 Å². The number of rotatable bonds is 4. The topological polar surface area (TPSA) is 62.7 Å². The lowest BCUT2D eigenvalue weighted by Crippen LogP contribution is -2.43. The molecule has 166 valence electrons. The van der Waals surface area contributed by atoms with Crippen molar-refractivity contribution in [2.75, 3.05) is 31.6 Å². The van der Waals surface area contributed by atoms with Gasteiger partial charge in [-0.05, 0) is 49.6 Å². The van der Waals surface area contributed by atoms with Crippen LogP contribution in [-0.2, 0) is 9.59 Å². The van der Waals surface area contributed by atoms with Crippen LogP contribution in [0.1, 0.15) is 35.8 Å². The molecule has 2 fully saturated rings. The molecule has 3 heterocycles. The van der Waals surface area contributed by atoms with Crippen LogP contribution in [0, 0.1) is 12.8 Å². The SMILES string of the molecule is COc1ccc(C)cc1N1CC(C(=O)N2CCCC(c3nc4ccccc4s3)C2)CC1=O. The number of likely N-dealkylation sites (tertiary alicyclic amines) is 1.